The molecule has 1 saturated heterocycles. The molecule has 0 bridgehead atoms. The Balaban J connectivity index is 1.98. The Bertz CT molecular complexity index is 569. The van der Waals surface area contributed by atoms with E-state index >= 15 is 0 Å². The van der Waals surface area contributed by atoms with Gasteiger partial charge in [0.15, 0.2) is 9.84 Å². The zero-order chi connectivity index (χ0) is 15.0. The summed E-state index contributed by atoms with van der Waals surface area (Å²) >= 11 is 0. The number of hydrogen-bond acceptors (Lipinski definition) is 3. The molecule has 2 rings (SSSR count). The Morgan fingerprint density at radius 3 is 2.25 bits per heavy atom. The Morgan fingerprint density at radius 1 is 1.20 bits per heavy atom. The topological polar surface area (TPSA) is 46.2 Å². The highest BCUT2D eigenvalue weighted by Gasteiger charge is 2.37. The lowest BCUT2D eigenvalue weighted by Gasteiger charge is -2.24. The summed E-state index contributed by atoms with van der Waals surface area (Å²) < 4.78 is 23.1. The van der Waals surface area contributed by atoms with Gasteiger partial charge in [0.05, 0.1) is 11.5 Å². The van der Waals surface area contributed by atoms with Gasteiger partial charge in [-0.3, -0.25) is 0 Å². The van der Waals surface area contributed by atoms with E-state index in [4.69, 9.17) is 0 Å². The number of benzene rings is 1. The highest BCUT2D eigenvalue weighted by molar-refractivity contribution is 7.91. The summed E-state index contributed by atoms with van der Waals surface area (Å²) in [5.74, 6) is 0.555. The van der Waals surface area contributed by atoms with Crippen LogP contribution in [0.15, 0.2) is 24.3 Å². The molecule has 1 aromatic carbocycles. The van der Waals surface area contributed by atoms with Crippen LogP contribution in [-0.2, 0) is 21.8 Å². The summed E-state index contributed by atoms with van der Waals surface area (Å²) in [5.41, 5.74) is 2.40. The van der Waals surface area contributed by atoms with E-state index < -0.39 is 9.84 Å². The molecule has 1 aliphatic rings. The molecule has 1 unspecified atom stereocenters. The first-order chi connectivity index (χ1) is 9.10. The van der Waals surface area contributed by atoms with Crippen LogP contribution in [0.3, 0.4) is 0 Å². The monoisotopic (exact) mass is 295 g/mol. The van der Waals surface area contributed by atoms with Crippen molar-refractivity contribution in [2.45, 2.75) is 51.6 Å². The Hall–Kier alpha value is -0.870. The van der Waals surface area contributed by atoms with Crippen LogP contribution in [-0.4, -0.2) is 25.5 Å². The van der Waals surface area contributed by atoms with E-state index in [2.05, 4.69) is 50.4 Å². The summed E-state index contributed by atoms with van der Waals surface area (Å²) in [6.07, 6.45) is 0.704. The van der Waals surface area contributed by atoms with Gasteiger partial charge in [0, 0.05) is 12.1 Å². The zero-order valence-corrected chi connectivity index (χ0v) is 13.7. The summed E-state index contributed by atoms with van der Waals surface area (Å²) in [7, 11) is -2.85. The van der Waals surface area contributed by atoms with Gasteiger partial charge in [-0.05, 0) is 29.9 Å². The minimum Gasteiger partial charge on any atom is -0.306 e. The van der Waals surface area contributed by atoms with Crippen molar-refractivity contribution < 1.29 is 8.42 Å². The molecule has 0 saturated carbocycles. The molecular formula is C16H25NO2S. The van der Waals surface area contributed by atoms with E-state index in [1.54, 1.807) is 0 Å². The third kappa shape index (κ3) is 3.83. The van der Waals surface area contributed by atoms with Gasteiger partial charge >= 0.3 is 0 Å². The molecule has 0 aromatic heterocycles. The lowest BCUT2D eigenvalue weighted by atomic mass is 9.86. The third-order valence-corrected chi connectivity index (χ3v) is 5.95. The second-order valence-electron chi connectivity index (χ2n) is 7.20. The molecule has 1 aliphatic heterocycles. The van der Waals surface area contributed by atoms with Gasteiger partial charge in [0.1, 0.15) is 0 Å². The van der Waals surface area contributed by atoms with Crippen LogP contribution in [0.2, 0.25) is 0 Å². The molecule has 1 heterocycles. The average Bonchev–Trinajstić information content (AvgIpc) is 2.61. The second-order valence-corrected chi connectivity index (χ2v) is 9.39. The molecule has 112 valence electrons. The van der Waals surface area contributed by atoms with Crippen LogP contribution in [0.5, 0.6) is 0 Å². The Kier molecular flexibility index (Phi) is 4.00. The van der Waals surface area contributed by atoms with E-state index in [9.17, 15) is 8.42 Å². The van der Waals surface area contributed by atoms with Crippen LogP contribution >= 0.6 is 0 Å². The fraction of sp³-hybridized carbons (Fsp3) is 0.625. The van der Waals surface area contributed by atoms with E-state index in [1.165, 1.54) is 11.1 Å². The van der Waals surface area contributed by atoms with Crippen molar-refractivity contribution in [3.63, 3.8) is 0 Å². The van der Waals surface area contributed by atoms with Crippen molar-refractivity contribution in [1.29, 1.82) is 0 Å². The van der Waals surface area contributed by atoms with Gasteiger partial charge in [-0.2, -0.15) is 0 Å². The van der Waals surface area contributed by atoms with Gasteiger partial charge in [-0.1, -0.05) is 45.0 Å². The first-order valence-corrected chi connectivity index (χ1v) is 8.97. The smallest absolute Gasteiger partial charge is 0.152 e. The standard InChI is InChI=1S/C16H25NO2S/c1-15(2,3)14-7-5-13(6-8-14)11-17-16(4)9-10-20(18,19)12-16/h5-8,17H,9-12H2,1-4H3. The molecule has 20 heavy (non-hydrogen) atoms. The maximum atomic E-state index is 11.6. The fourth-order valence-electron chi connectivity index (χ4n) is 2.59. The van der Waals surface area contributed by atoms with Crippen molar-refractivity contribution in [3.05, 3.63) is 35.4 Å². The van der Waals surface area contributed by atoms with Crippen LogP contribution < -0.4 is 5.32 Å². The molecule has 4 heteroatoms. The van der Waals surface area contributed by atoms with Crippen molar-refractivity contribution in [2.24, 2.45) is 0 Å². The molecule has 1 atom stereocenters. The number of sulfone groups is 1. The first-order valence-electron chi connectivity index (χ1n) is 7.15. The minimum atomic E-state index is -2.85. The molecule has 1 fully saturated rings. The molecule has 0 radical (unpaired) electrons. The maximum absolute atomic E-state index is 11.6. The van der Waals surface area contributed by atoms with E-state index in [0.29, 0.717) is 12.2 Å². The lowest BCUT2D eigenvalue weighted by molar-refractivity contribution is 0.395. The van der Waals surface area contributed by atoms with Gasteiger partial charge < -0.3 is 5.32 Å². The van der Waals surface area contributed by atoms with Crippen molar-refractivity contribution in [3.8, 4) is 0 Å². The second kappa shape index (κ2) is 5.15. The molecule has 0 amide bonds. The first kappa shape index (κ1) is 15.5. The normalized spacial score (nSPS) is 25.8. The quantitative estimate of drug-likeness (QED) is 0.932. The predicted octanol–water partition coefficient (Wildman–Crippen LogP) is 2.65. The van der Waals surface area contributed by atoms with Crippen LogP contribution in [0.1, 0.15) is 45.2 Å². The van der Waals surface area contributed by atoms with E-state index in [0.717, 1.165) is 6.54 Å². The summed E-state index contributed by atoms with van der Waals surface area (Å²) in [4.78, 5) is 0. The molecule has 1 N–H and O–H groups in total. The van der Waals surface area contributed by atoms with Crippen molar-refractivity contribution >= 4 is 9.84 Å². The van der Waals surface area contributed by atoms with Crippen LogP contribution in [0.4, 0.5) is 0 Å². The van der Waals surface area contributed by atoms with Gasteiger partial charge in [-0.15, -0.1) is 0 Å². The summed E-state index contributed by atoms with van der Waals surface area (Å²) in [6, 6.07) is 8.57. The Morgan fingerprint density at radius 2 is 1.80 bits per heavy atom. The van der Waals surface area contributed by atoms with Crippen molar-refractivity contribution in [1.82, 2.24) is 5.32 Å². The largest absolute Gasteiger partial charge is 0.306 e. The number of rotatable bonds is 3. The molecular weight excluding hydrogens is 270 g/mol. The fourth-order valence-corrected chi connectivity index (χ4v) is 4.71. The van der Waals surface area contributed by atoms with Gasteiger partial charge in [-0.25, -0.2) is 8.42 Å². The Labute approximate surface area is 122 Å². The van der Waals surface area contributed by atoms with Gasteiger partial charge in [0.25, 0.3) is 0 Å². The summed E-state index contributed by atoms with van der Waals surface area (Å²) in [5, 5.41) is 3.41. The minimum absolute atomic E-state index is 0.164. The van der Waals surface area contributed by atoms with Crippen molar-refractivity contribution in [2.75, 3.05) is 11.5 Å². The SMILES string of the molecule is CC1(NCc2ccc(C(C)(C)C)cc2)CCS(=O)(=O)C1. The number of nitrogens with one attached hydrogen (secondary N) is 1. The average molecular weight is 295 g/mol. The molecule has 3 nitrogen and oxygen atoms in total. The van der Waals surface area contributed by atoms with E-state index in [-0.39, 0.29) is 16.7 Å². The van der Waals surface area contributed by atoms with Crippen LogP contribution in [0, 0.1) is 0 Å². The van der Waals surface area contributed by atoms with Crippen LogP contribution in [0.25, 0.3) is 0 Å². The molecule has 0 spiro atoms. The highest BCUT2D eigenvalue weighted by atomic mass is 32.2. The zero-order valence-electron chi connectivity index (χ0n) is 12.9. The van der Waals surface area contributed by atoms with E-state index in [1.807, 2.05) is 6.92 Å². The third-order valence-electron chi connectivity index (χ3n) is 4.04. The molecule has 1 aromatic rings. The highest BCUT2D eigenvalue weighted by Crippen LogP contribution is 2.24. The molecule has 0 aliphatic carbocycles. The van der Waals surface area contributed by atoms with Gasteiger partial charge in [0.2, 0.25) is 0 Å². The maximum Gasteiger partial charge on any atom is 0.152 e. The number of hydrogen-bond donors (Lipinski definition) is 1. The summed E-state index contributed by atoms with van der Waals surface area (Å²) in [6.45, 7) is 9.32. The predicted molar refractivity (Wildman–Crippen MR) is 83.7 cm³/mol. The lowest BCUT2D eigenvalue weighted by Crippen LogP contribution is -2.42.